The van der Waals surface area contributed by atoms with Crippen LogP contribution in [0.5, 0.6) is 0 Å². The predicted octanol–water partition coefficient (Wildman–Crippen LogP) is 5.35. The molecule has 0 spiro atoms. The van der Waals surface area contributed by atoms with Crippen LogP contribution in [-0.2, 0) is 4.74 Å². The predicted molar refractivity (Wildman–Crippen MR) is 121 cm³/mol. The third-order valence-corrected chi connectivity index (χ3v) is 5.23. The lowest BCUT2D eigenvalue weighted by atomic mass is 10.1. The summed E-state index contributed by atoms with van der Waals surface area (Å²) < 4.78 is 20.6. The molecule has 0 aliphatic rings. The zero-order valence-electron chi connectivity index (χ0n) is 17.9. The van der Waals surface area contributed by atoms with Crippen molar-refractivity contribution in [2.75, 3.05) is 6.61 Å². The van der Waals surface area contributed by atoms with Gasteiger partial charge in [-0.15, -0.1) is 0 Å². The summed E-state index contributed by atoms with van der Waals surface area (Å²) in [6.07, 6.45) is 1.76. The van der Waals surface area contributed by atoms with Gasteiger partial charge in [0, 0.05) is 17.1 Å². The molecule has 0 aliphatic heterocycles. The average Bonchev–Trinajstić information content (AvgIpc) is 3.31. The van der Waals surface area contributed by atoms with E-state index < -0.39 is 0 Å². The van der Waals surface area contributed by atoms with Crippen LogP contribution in [0.15, 0.2) is 48.5 Å². The van der Waals surface area contributed by atoms with E-state index >= 15 is 0 Å². The maximum Gasteiger partial charge on any atom is 0.338 e. The highest BCUT2D eigenvalue weighted by atomic mass is 19.1. The Kier molecular flexibility index (Phi) is 5.61. The molecule has 0 fully saturated rings. The molecule has 0 saturated carbocycles. The van der Waals surface area contributed by atoms with Crippen LogP contribution in [0.4, 0.5) is 4.39 Å². The smallest absolute Gasteiger partial charge is 0.338 e. The number of hydrogen-bond acceptors (Lipinski definition) is 4. The van der Waals surface area contributed by atoms with Crippen molar-refractivity contribution in [3.63, 3.8) is 0 Å². The Hall–Kier alpha value is -4.18. The molecule has 0 unspecified atom stereocenters. The molecule has 0 aliphatic carbocycles. The number of rotatable bonds is 5. The highest BCUT2D eigenvalue weighted by Gasteiger charge is 2.14. The van der Waals surface area contributed by atoms with Crippen LogP contribution in [0.1, 0.15) is 40.1 Å². The van der Waals surface area contributed by atoms with Crippen molar-refractivity contribution < 1.29 is 13.9 Å². The first-order valence-electron chi connectivity index (χ1n) is 10.1. The summed E-state index contributed by atoms with van der Waals surface area (Å²) in [4.78, 5) is 19.3. The number of H-pyrrole nitrogens is 1. The van der Waals surface area contributed by atoms with Crippen molar-refractivity contribution in [2.45, 2.75) is 20.8 Å². The number of carbonyl (C=O) groups is 1. The summed E-state index contributed by atoms with van der Waals surface area (Å²) in [5.41, 5.74) is 5.63. The van der Waals surface area contributed by atoms with E-state index in [0.29, 0.717) is 34.6 Å². The number of aromatic nitrogens is 3. The lowest BCUT2D eigenvalue weighted by molar-refractivity contribution is 0.0526. The number of nitriles is 1. The standard InChI is InChI=1S/C25H21FN4O2/c1-4-32-25(31)17-5-8-21(9-6-17)30-15(2)11-18(16(30)3)12-19(14-27)24-28-22-10-7-20(26)13-23(22)29-24/h5-13H,4H2,1-3H3,(H,28,29)/b19-12-. The van der Waals surface area contributed by atoms with Crippen LogP contribution in [0, 0.1) is 31.0 Å². The minimum absolute atomic E-state index is 0.327. The number of nitrogens with zero attached hydrogens (tertiary/aromatic N) is 3. The van der Waals surface area contributed by atoms with Gasteiger partial charge in [-0.3, -0.25) is 0 Å². The number of esters is 1. The number of nitrogens with one attached hydrogen (secondary N) is 1. The molecule has 7 heteroatoms. The summed E-state index contributed by atoms with van der Waals surface area (Å²) >= 11 is 0. The van der Waals surface area contributed by atoms with E-state index in [9.17, 15) is 14.4 Å². The van der Waals surface area contributed by atoms with Gasteiger partial charge in [0.1, 0.15) is 17.7 Å². The first-order valence-corrected chi connectivity index (χ1v) is 10.1. The Morgan fingerprint density at radius 3 is 2.66 bits per heavy atom. The molecule has 0 amide bonds. The molecule has 2 heterocycles. The topological polar surface area (TPSA) is 83.7 Å². The number of hydrogen-bond donors (Lipinski definition) is 1. The van der Waals surface area contributed by atoms with E-state index in [-0.39, 0.29) is 11.8 Å². The third kappa shape index (κ3) is 3.91. The zero-order chi connectivity index (χ0) is 22.8. The van der Waals surface area contributed by atoms with Gasteiger partial charge < -0.3 is 14.3 Å². The monoisotopic (exact) mass is 428 g/mol. The molecule has 2 aromatic carbocycles. The quantitative estimate of drug-likeness (QED) is 0.343. The van der Waals surface area contributed by atoms with Gasteiger partial charge in [0.2, 0.25) is 0 Å². The number of fused-ring (bicyclic) bond motifs is 1. The molecule has 2 aromatic heterocycles. The van der Waals surface area contributed by atoms with Crippen LogP contribution < -0.4 is 0 Å². The normalized spacial score (nSPS) is 11.5. The fraction of sp³-hybridized carbons (Fsp3) is 0.160. The fourth-order valence-electron chi connectivity index (χ4n) is 3.71. The highest BCUT2D eigenvalue weighted by Crippen LogP contribution is 2.26. The number of imidazole rings is 1. The molecule has 0 bridgehead atoms. The molecule has 6 nitrogen and oxygen atoms in total. The minimum atomic E-state index is -0.368. The van der Waals surface area contributed by atoms with Gasteiger partial charge in [0.25, 0.3) is 0 Å². The summed E-state index contributed by atoms with van der Waals surface area (Å²) in [5.74, 6) is -0.336. The van der Waals surface area contributed by atoms with Crippen molar-refractivity contribution in [3.05, 3.63) is 82.7 Å². The van der Waals surface area contributed by atoms with Gasteiger partial charge in [-0.25, -0.2) is 14.2 Å². The molecule has 1 N–H and O–H groups in total. The van der Waals surface area contributed by atoms with Gasteiger partial charge in [-0.05, 0) is 80.9 Å². The second kappa shape index (κ2) is 8.52. The first kappa shape index (κ1) is 21.1. The SMILES string of the molecule is CCOC(=O)c1ccc(-n2c(C)cc(/C=C(/C#N)c3nc4ccc(F)cc4[nH]3)c2C)cc1. The Labute approximate surface area is 184 Å². The fourth-order valence-corrected chi connectivity index (χ4v) is 3.71. The van der Waals surface area contributed by atoms with Crippen LogP contribution in [0.2, 0.25) is 0 Å². The highest BCUT2D eigenvalue weighted by molar-refractivity contribution is 5.91. The van der Waals surface area contributed by atoms with E-state index in [1.165, 1.54) is 12.1 Å². The number of ether oxygens (including phenoxy) is 1. The van der Waals surface area contributed by atoms with Crippen LogP contribution in [0.25, 0.3) is 28.4 Å². The van der Waals surface area contributed by atoms with Gasteiger partial charge in [0.05, 0.1) is 28.8 Å². The van der Waals surface area contributed by atoms with Crippen molar-refractivity contribution in [1.29, 1.82) is 5.26 Å². The third-order valence-electron chi connectivity index (χ3n) is 5.23. The van der Waals surface area contributed by atoms with Crippen molar-refractivity contribution >= 4 is 28.7 Å². The maximum absolute atomic E-state index is 13.5. The number of benzene rings is 2. The average molecular weight is 428 g/mol. The van der Waals surface area contributed by atoms with Crippen LogP contribution in [0.3, 0.4) is 0 Å². The molecule has 4 aromatic rings. The summed E-state index contributed by atoms with van der Waals surface area (Å²) in [6.45, 7) is 6.03. The Morgan fingerprint density at radius 1 is 1.22 bits per heavy atom. The van der Waals surface area contributed by atoms with E-state index in [2.05, 4.69) is 16.0 Å². The van der Waals surface area contributed by atoms with Gasteiger partial charge in [0.15, 0.2) is 0 Å². The molecule has 32 heavy (non-hydrogen) atoms. The van der Waals surface area contributed by atoms with Crippen LogP contribution >= 0.6 is 0 Å². The summed E-state index contributed by atoms with van der Waals surface area (Å²) in [5, 5.41) is 9.73. The second-order valence-electron chi connectivity index (χ2n) is 7.35. The number of halogens is 1. The molecule has 0 radical (unpaired) electrons. The van der Waals surface area contributed by atoms with E-state index in [0.717, 1.165) is 22.6 Å². The van der Waals surface area contributed by atoms with Gasteiger partial charge in [-0.2, -0.15) is 5.26 Å². The second-order valence-corrected chi connectivity index (χ2v) is 7.35. The first-order chi connectivity index (χ1) is 15.4. The van der Waals surface area contributed by atoms with Gasteiger partial charge >= 0.3 is 5.97 Å². The number of allylic oxidation sites excluding steroid dienone is 1. The van der Waals surface area contributed by atoms with Gasteiger partial charge in [-0.1, -0.05) is 0 Å². The molecule has 160 valence electrons. The van der Waals surface area contributed by atoms with E-state index in [4.69, 9.17) is 4.74 Å². The Bertz CT molecular complexity index is 1390. The lowest BCUT2D eigenvalue weighted by Gasteiger charge is -2.10. The lowest BCUT2D eigenvalue weighted by Crippen LogP contribution is -2.05. The van der Waals surface area contributed by atoms with Crippen molar-refractivity contribution in [3.8, 4) is 11.8 Å². The van der Waals surface area contributed by atoms with Crippen molar-refractivity contribution in [2.24, 2.45) is 0 Å². The summed E-state index contributed by atoms with van der Waals surface area (Å²) in [7, 11) is 0. The van der Waals surface area contributed by atoms with E-state index in [1.54, 1.807) is 31.2 Å². The molecule has 0 saturated heterocycles. The molecule has 4 rings (SSSR count). The number of carbonyl (C=O) groups excluding carboxylic acids is 1. The van der Waals surface area contributed by atoms with Crippen molar-refractivity contribution in [1.82, 2.24) is 14.5 Å². The Balaban J connectivity index is 1.70. The van der Waals surface area contributed by atoms with E-state index in [1.807, 2.05) is 36.6 Å². The largest absolute Gasteiger partial charge is 0.462 e. The molecular formula is C25H21FN4O2. The summed E-state index contributed by atoms with van der Waals surface area (Å²) in [6, 6.07) is 15.6. The Morgan fingerprint density at radius 2 is 1.97 bits per heavy atom. The molecule has 0 atom stereocenters. The number of aryl methyl sites for hydroxylation is 1. The molecular weight excluding hydrogens is 407 g/mol. The van der Waals surface area contributed by atoms with Crippen LogP contribution in [-0.4, -0.2) is 27.1 Å². The maximum atomic E-state index is 13.5. The minimum Gasteiger partial charge on any atom is -0.462 e. The zero-order valence-corrected chi connectivity index (χ0v) is 17.9. The number of aromatic amines is 1.